The molecule has 1 heterocycles. The van der Waals surface area contributed by atoms with Crippen LogP contribution in [0.5, 0.6) is 5.75 Å². The van der Waals surface area contributed by atoms with E-state index in [1.165, 1.54) is 16.7 Å². The minimum absolute atomic E-state index is 0.588. The van der Waals surface area contributed by atoms with Crippen molar-refractivity contribution in [1.82, 2.24) is 4.98 Å². The van der Waals surface area contributed by atoms with Crippen LogP contribution in [-0.4, -0.2) is 4.98 Å². The van der Waals surface area contributed by atoms with Gasteiger partial charge < -0.3 is 10.1 Å². The third-order valence-electron chi connectivity index (χ3n) is 3.26. The smallest absolute Gasteiger partial charge is 0.182 e. The number of ether oxygens (including phenoxy) is 1. The van der Waals surface area contributed by atoms with Crippen LogP contribution in [0.3, 0.4) is 0 Å². The van der Waals surface area contributed by atoms with Crippen LogP contribution < -0.4 is 10.1 Å². The van der Waals surface area contributed by atoms with Crippen LogP contribution in [0.1, 0.15) is 16.7 Å². The number of aromatic nitrogens is 1. The molecule has 0 saturated heterocycles. The fourth-order valence-electron chi connectivity index (χ4n) is 2.20. The number of rotatable bonds is 6. The maximum absolute atomic E-state index is 5.88. The average molecular weight is 310 g/mol. The largest absolute Gasteiger partial charge is 0.489 e. The number of nitrogens with zero attached hydrogens (tertiary/aromatic N) is 1. The predicted octanol–water partition coefficient (Wildman–Crippen LogP) is 4.64. The lowest BCUT2D eigenvalue weighted by Gasteiger charge is -2.09. The second kappa shape index (κ2) is 7.09. The van der Waals surface area contributed by atoms with Crippen LogP contribution in [0.2, 0.25) is 0 Å². The Morgan fingerprint density at radius 2 is 1.95 bits per heavy atom. The van der Waals surface area contributed by atoms with Gasteiger partial charge in [-0.25, -0.2) is 4.98 Å². The minimum atomic E-state index is 0.588. The molecule has 0 unspecified atom stereocenters. The Bertz CT molecular complexity index is 725. The molecule has 0 atom stereocenters. The molecule has 1 N–H and O–H groups in total. The third kappa shape index (κ3) is 4.09. The molecular formula is C18H18N2OS. The molecule has 3 aromatic rings. The third-order valence-corrected chi connectivity index (χ3v) is 3.99. The number of aryl methyl sites for hydroxylation is 1. The first-order valence-corrected chi connectivity index (χ1v) is 8.08. The van der Waals surface area contributed by atoms with Gasteiger partial charge in [-0.2, -0.15) is 0 Å². The molecule has 112 valence electrons. The molecule has 0 amide bonds. The van der Waals surface area contributed by atoms with Gasteiger partial charge in [0.05, 0.1) is 0 Å². The van der Waals surface area contributed by atoms with E-state index in [0.717, 1.165) is 17.4 Å². The lowest BCUT2D eigenvalue weighted by molar-refractivity contribution is 0.306. The van der Waals surface area contributed by atoms with Gasteiger partial charge in [0.25, 0.3) is 0 Å². The zero-order valence-electron chi connectivity index (χ0n) is 12.5. The lowest BCUT2D eigenvalue weighted by atomic mass is 10.1. The van der Waals surface area contributed by atoms with E-state index in [-0.39, 0.29) is 0 Å². The van der Waals surface area contributed by atoms with E-state index in [9.17, 15) is 0 Å². The molecule has 0 aliphatic rings. The van der Waals surface area contributed by atoms with Crippen molar-refractivity contribution in [3.8, 4) is 5.75 Å². The fourth-order valence-corrected chi connectivity index (χ4v) is 2.73. The fraction of sp³-hybridized carbons (Fsp3) is 0.167. The Morgan fingerprint density at radius 1 is 1.09 bits per heavy atom. The molecule has 0 saturated carbocycles. The molecule has 0 aliphatic carbocycles. The van der Waals surface area contributed by atoms with Crippen molar-refractivity contribution in [2.45, 2.75) is 20.1 Å². The number of nitrogens with one attached hydrogen (secondary N) is 1. The maximum Gasteiger partial charge on any atom is 0.182 e. The summed E-state index contributed by atoms with van der Waals surface area (Å²) in [6.07, 6.45) is 1.80. The Labute approximate surface area is 134 Å². The first-order chi connectivity index (χ1) is 10.8. The van der Waals surface area contributed by atoms with Crippen molar-refractivity contribution in [2.24, 2.45) is 0 Å². The summed E-state index contributed by atoms with van der Waals surface area (Å²) in [4.78, 5) is 4.21. The van der Waals surface area contributed by atoms with Crippen molar-refractivity contribution in [3.05, 3.63) is 76.8 Å². The molecule has 1 aromatic heterocycles. The number of benzene rings is 2. The molecule has 0 bridgehead atoms. The van der Waals surface area contributed by atoms with Gasteiger partial charge in [0.15, 0.2) is 5.13 Å². The van der Waals surface area contributed by atoms with Crippen LogP contribution in [0.25, 0.3) is 0 Å². The van der Waals surface area contributed by atoms with Crippen LogP contribution in [0.15, 0.2) is 60.1 Å². The predicted molar refractivity (Wildman–Crippen MR) is 91.4 cm³/mol. The summed E-state index contributed by atoms with van der Waals surface area (Å²) < 4.78 is 5.88. The van der Waals surface area contributed by atoms with Gasteiger partial charge in [-0.15, -0.1) is 11.3 Å². The lowest BCUT2D eigenvalue weighted by Crippen LogP contribution is -2.00. The summed E-state index contributed by atoms with van der Waals surface area (Å²) in [7, 11) is 0. The van der Waals surface area contributed by atoms with E-state index < -0.39 is 0 Å². The van der Waals surface area contributed by atoms with Gasteiger partial charge in [-0.1, -0.05) is 42.0 Å². The van der Waals surface area contributed by atoms with Gasteiger partial charge in [-0.3, -0.25) is 0 Å². The molecule has 0 fully saturated rings. The van der Waals surface area contributed by atoms with Crippen molar-refractivity contribution in [2.75, 3.05) is 5.32 Å². The van der Waals surface area contributed by atoms with Gasteiger partial charge >= 0.3 is 0 Å². The molecule has 0 radical (unpaired) electrons. The first kappa shape index (κ1) is 14.6. The van der Waals surface area contributed by atoms with Crippen LogP contribution in [0.4, 0.5) is 5.13 Å². The van der Waals surface area contributed by atoms with Crippen molar-refractivity contribution in [3.63, 3.8) is 0 Å². The highest BCUT2D eigenvalue weighted by Gasteiger charge is 2.00. The minimum Gasteiger partial charge on any atom is -0.489 e. The summed E-state index contributed by atoms with van der Waals surface area (Å²) in [5, 5.41) is 6.20. The van der Waals surface area contributed by atoms with Gasteiger partial charge in [0, 0.05) is 18.1 Å². The van der Waals surface area contributed by atoms with Crippen molar-refractivity contribution < 1.29 is 4.74 Å². The molecule has 3 nitrogen and oxygen atoms in total. The monoisotopic (exact) mass is 310 g/mol. The van der Waals surface area contributed by atoms with E-state index in [1.807, 2.05) is 17.5 Å². The molecular weight excluding hydrogens is 292 g/mol. The number of anilines is 1. The first-order valence-electron chi connectivity index (χ1n) is 7.20. The SMILES string of the molecule is Cc1cccc(COc2cccc(CNc3nccs3)c2)c1. The summed E-state index contributed by atoms with van der Waals surface area (Å²) in [5.74, 6) is 0.889. The normalized spacial score (nSPS) is 10.4. The van der Waals surface area contributed by atoms with E-state index in [4.69, 9.17) is 4.74 Å². The highest BCUT2D eigenvalue weighted by molar-refractivity contribution is 7.13. The quantitative estimate of drug-likeness (QED) is 0.720. The van der Waals surface area contributed by atoms with Crippen LogP contribution >= 0.6 is 11.3 Å². The van der Waals surface area contributed by atoms with Crippen LogP contribution in [-0.2, 0) is 13.2 Å². The summed E-state index contributed by atoms with van der Waals surface area (Å²) >= 11 is 1.60. The van der Waals surface area contributed by atoms with Crippen LogP contribution in [0, 0.1) is 6.92 Å². The second-order valence-electron chi connectivity index (χ2n) is 5.12. The Balaban J connectivity index is 1.59. The molecule has 0 spiro atoms. The van der Waals surface area contributed by atoms with E-state index >= 15 is 0 Å². The second-order valence-corrected chi connectivity index (χ2v) is 6.01. The molecule has 3 rings (SSSR count). The van der Waals surface area contributed by atoms with Gasteiger partial charge in [-0.05, 0) is 30.2 Å². The van der Waals surface area contributed by atoms with E-state index in [1.54, 1.807) is 17.5 Å². The number of hydrogen-bond acceptors (Lipinski definition) is 4. The average Bonchev–Trinajstić information content (AvgIpc) is 3.05. The maximum atomic E-state index is 5.88. The number of thiazole rings is 1. The zero-order chi connectivity index (χ0) is 15.2. The summed E-state index contributed by atoms with van der Waals surface area (Å²) in [6, 6.07) is 16.5. The van der Waals surface area contributed by atoms with Gasteiger partial charge in [0.1, 0.15) is 12.4 Å². The summed E-state index contributed by atoms with van der Waals surface area (Å²) in [5.41, 5.74) is 3.62. The van der Waals surface area contributed by atoms with E-state index in [0.29, 0.717) is 6.61 Å². The van der Waals surface area contributed by atoms with Gasteiger partial charge in [0.2, 0.25) is 0 Å². The molecule has 22 heavy (non-hydrogen) atoms. The molecule has 4 heteroatoms. The number of hydrogen-bond donors (Lipinski definition) is 1. The highest BCUT2D eigenvalue weighted by atomic mass is 32.1. The molecule has 2 aromatic carbocycles. The molecule has 0 aliphatic heterocycles. The highest BCUT2D eigenvalue weighted by Crippen LogP contribution is 2.17. The van der Waals surface area contributed by atoms with E-state index in [2.05, 4.69) is 53.6 Å². The zero-order valence-corrected chi connectivity index (χ0v) is 13.3. The van der Waals surface area contributed by atoms with Crippen molar-refractivity contribution in [1.29, 1.82) is 0 Å². The van der Waals surface area contributed by atoms with Crippen molar-refractivity contribution >= 4 is 16.5 Å². The standard InChI is InChI=1S/C18H18N2OS/c1-14-4-2-6-16(10-14)13-21-17-7-3-5-15(11-17)12-20-18-19-8-9-22-18/h2-11H,12-13H2,1H3,(H,19,20). The Hall–Kier alpha value is -2.33. The Kier molecular flexibility index (Phi) is 4.71. The topological polar surface area (TPSA) is 34.1 Å². The Morgan fingerprint density at radius 3 is 2.77 bits per heavy atom. The summed E-state index contributed by atoms with van der Waals surface area (Å²) in [6.45, 7) is 3.43.